The van der Waals surface area contributed by atoms with Crippen molar-refractivity contribution >= 4 is 17.8 Å². The van der Waals surface area contributed by atoms with E-state index >= 15 is 0 Å². The summed E-state index contributed by atoms with van der Waals surface area (Å²) in [7, 11) is 3.42. The van der Waals surface area contributed by atoms with Crippen LogP contribution in [0.15, 0.2) is 18.6 Å². The Bertz CT molecular complexity index is 725. The van der Waals surface area contributed by atoms with Crippen LogP contribution in [0.3, 0.4) is 0 Å². The van der Waals surface area contributed by atoms with Gasteiger partial charge in [0.1, 0.15) is 5.69 Å². The fraction of sp³-hybridized carbons (Fsp3) is 0.611. The molecule has 3 rings (SSSR count). The van der Waals surface area contributed by atoms with E-state index in [1.165, 1.54) is 23.5 Å². The van der Waals surface area contributed by atoms with Gasteiger partial charge in [-0.2, -0.15) is 0 Å². The number of hydrogen-bond donors (Lipinski definition) is 0. The number of likely N-dealkylation sites (tertiary alicyclic amines) is 1. The van der Waals surface area contributed by atoms with Crippen LogP contribution in [0.4, 0.5) is 4.79 Å². The van der Waals surface area contributed by atoms with E-state index in [4.69, 9.17) is 0 Å². The molecule has 2 aliphatic heterocycles. The second-order valence-electron chi connectivity index (χ2n) is 7.50. The van der Waals surface area contributed by atoms with Crippen molar-refractivity contribution in [1.29, 1.82) is 0 Å². The van der Waals surface area contributed by atoms with Gasteiger partial charge in [0.25, 0.3) is 5.91 Å². The number of nitrogens with zero attached hydrogens (tertiary/aromatic N) is 6. The van der Waals surface area contributed by atoms with Crippen LogP contribution in [0, 0.1) is 5.41 Å². The summed E-state index contributed by atoms with van der Waals surface area (Å²) in [6.45, 7) is 4.81. The lowest BCUT2D eigenvalue weighted by Crippen LogP contribution is -2.47. The molecule has 9 heteroatoms. The SMILES string of the molecule is CCN1C[C@]2(CC1=O)CN(C(=O)c1cnccn1)CCN(C(=O)N(C)C)C2. The monoisotopic (exact) mass is 374 g/mol. The molecule has 0 bridgehead atoms. The van der Waals surface area contributed by atoms with Crippen LogP contribution in [0.1, 0.15) is 23.8 Å². The summed E-state index contributed by atoms with van der Waals surface area (Å²) in [5.41, 5.74) is -0.190. The maximum atomic E-state index is 12.9. The largest absolute Gasteiger partial charge is 0.342 e. The lowest BCUT2D eigenvalue weighted by atomic mass is 9.86. The zero-order valence-electron chi connectivity index (χ0n) is 16.1. The molecule has 1 aromatic rings. The highest BCUT2D eigenvalue weighted by atomic mass is 16.2. The van der Waals surface area contributed by atoms with E-state index in [9.17, 15) is 14.4 Å². The van der Waals surface area contributed by atoms with E-state index in [1.807, 2.05) is 6.92 Å². The summed E-state index contributed by atoms with van der Waals surface area (Å²) in [4.78, 5) is 52.8. The van der Waals surface area contributed by atoms with Gasteiger partial charge in [-0.1, -0.05) is 0 Å². The van der Waals surface area contributed by atoms with Gasteiger partial charge in [0.2, 0.25) is 5.91 Å². The third-order valence-electron chi connectivity index (χ3n) is 5.20. The highest BCUT2D eigenvalue weighted by Gasteiger charge is 2.48. The standard InChI is InChI=1S/C18H26N6O3/c1-4-22-11-18(9-15(22)25)12-23(16(26)14-10-19-5-6-20-14)7-8-24(13-18)17(27)21(2)3/h5-6,10H,4,7-9,11-13H2,1-3H3/t18-/m1/s1. The molecule has 0 aliphatic carbocycles. The Labute approximate surface area is 158 Å². The molecule has 0 saturated carbocycles. The Kier molecular flexibility index (Phi) is 5.29. The summed E-state index contributed by atoms with van der Waals surface area (Å²) < 4.78 is 0. The highest BCUT2D eigenvalue weighted by molar-refractivity contribution is 5.92. The first-order valence-electron chi connectivity index (χ1n) is 9.14. The van der Waals surface area contributed by atoms with Gasteiger partial charge in [-0.25, -0.2) is 9.78 Å². The maximum absolute atomic E-state index is 12.9. The van der Waals surface area contributed by atoms with Crippen LogP contribution >= 0.6 is 0 Å². The van der Waals surface area contributed by atoms with Crippen molar-refractivity contribution in [3.8, 4) is 0 Å². The second kappa shape index (κ2) is 7.50. The average molecular weight is 374 g/mol. The van der Waals surface area contributed by atoms with Gasteiger partial charge in [0.15, 0.2) is 0 Å². The number of rotatable bonds is 2. The molecule has 3 heterocycles. The first kappa shape index (κ1) is 19.1. The Hall–Kier alpha value is -2.71. The number of carbonyl (C=O) groups excluding carboxylic acids is 3. The number of carbonyl (C=O) groups is 3. The third kappa shape index (κ3) is 3.86. The van der Waals surface area contributed by atoms with Gasteiger partial charge in [-0.15, -0.1) is 0 Å². The molecular weight excluding hydrogens is 348 g/mol. The molecule has 27 heavy (non-hydrogen) atoms. The Balaban J connectivity index is 1.89. The van der Waals surface area contributed by atoms with Crippen molar-refractivity contribution in [2.45, 2.75) is 13.3 Å². The Morgan fingerprint density at radius 1 is 1.15 bits per heavy atom. The maximum Gasteiger partial charge on any atom is 0.319 e. The summed E-state index contributed by atoms with van der Waals surface area (Å²) in [5.74, 6) is -0.146. The van der Waals surface area contributed by atoms with Crippen LogP contribution in [0.25, 0.3) is 0 Å². The smallest absolute Gasteiger partial charge is 0.319 e. The molecule has 2 aliphatic rings. The third-order valence-corrected chi connectivity index (χ3v) is 5.20. The van der Waals surface area contributed by atoms with Crippen molar-refractivity contribution in [3.05, 3.63) is 24.3 Å². The van der Waals surface area contributed by atoms with Gasteiger partial charge in [-0.05, 0) is 6.92 Å². The number of aromatic nitrogens is 2. The minimum Gasteiger partial charge on any atom is -0.342 e. The minimum atomic E-state index is -0.465. The van der Waals surface area contributed by atoms with Crippen LogP contribution < -0.4 is 0 Å². The van der Waals surface area contributed by atoms with Crippen molar-refractivity contribution in [2.75, 3.05) is 53.4 Å². The summed E-state index contributed by atoms with van der Waals surface area (Å²) >= 11 is 0. The second-order valence-corrected chi connectivity index (χ2v) is 7.50. The van der Waals surface area contributed by atoms with Crippen LogP contribution in [0.2, 0.25) is 0 Å². The van der Waals surface area contributed by atoms with E-state index in [0.717, 1.165) is 0 Å². The number of urea groups is 1. The van der Waals surface area contributed by atoms with E-state index in [1.54, 1.807) is 28.8 Å². The first-order valence-corrected chi connectivity index (χ1v) is 9.14. The molecule has 9 nitrogen and oxygen atoms in total. The van der Waals surface area contributed by atoms with Crippen molar-refractivity contribution in [3.63, 3.8) is 0 Å². The predicted molar refractivity (Wildman–Crippen MR) is 97.9 cm³/mol. The normalized spacial score (nSPS) is 22.9. The lowest BCUT2D eigenvalue weighted by molar-refractivity contribution is -0.127. The van der Waals surface area contributed by atoms with Crippen LogP contribution in [0.5, 0.6) is 0 Å². The molecule has 1 spiro atoms. The summed E-state index contributed by atoms with van der Waals surface area (Å²) in [6, 6.07) is -0.106. The quantitative estimate of drug-likeness (QED) is 0.735. The van der Waals surface area contributed by atoms with Gasteiger partial charge in [-0.3, -0.25) is 14.6 Å². The lowest BCUT2D eigenvalue weighted by Gasteiger charge is -2.34. The molecule has 0 N–H and O–H groups in total. The molecule has 0 aromatic carbocycles. The van der Waals surface area contributed by atoms with Crippen molar-refractivity contribution in [2.24, 2.45) is 5.41 Å². The van der Waals surface area contributed by atoms with E-state index < -0.39 is 5.41 Å². The van der Waals surface area contributed by atoms with E-state index in [2.05, 4.69) is 9.97 Å². The zero-order valence-corrected chi connectivity index (χ0v) is 16.1. The van der Waals surface area contributed by atoms with Gasteiger partial charge in [0.05, 0.1) is 6.20 Å². The Morgan fingerprint density at radius 2 is 1.85 bits per heavy atom. The fourth-order valence-electron chi connectivity index (χ4n) is 3.93. The molecule has 2 saturated heterocycles. The highest BCUT2D eigenvalue weighted by Crippen LogP contribution is 2.35. The number of amides is 4. The van der Waals surface area contributed by atoms with Crippen molar-refractivity contribution < 1.29 is 14.4 Å². The van der Waals surface area contributed by atoms with Gasteiger partial charge in [0, 0.05) is 77.6 Å². The molecule has 2 fully saturated rings. The van der Waals surface area contributed by atoms with Crippen molar-refractivity contribution in [1.82, 2.24) is 29.6 Å². The Morgan fingerprint density at radius 3 is 2.44 bits per heavy atom. The molecule has 0 radical (unpaired) electrons. The minimum absolute atomic E-state index is 0.0727. The van der Waals surface area contributed by atoms with E-state index in [-0.39, 0.29) is 23.5 Å². The van der Waals surface area contributed by atoms with Crippen LogP contribution in [-0.2, 0) is 4.79 Å². The van der Waals surface area contributed by atoms with Crippen LogP contribution in [-0.4, -0.2) is 101 Å². The molecule has 146 valence electrons. The van der Waals surface area contributed by atoms with E-state index in [0.29, 0.717) is 45.7 Å². The predicted octanol–water partition coefficient (Wildman–Crippen LogP) is 0.155. The first-order chi connectivity index (χ1) is 12.8. The molecular formula is C18H26N6O3. The molecule has 1 aromatic heterocycles. The molecule has 1 atom stereocenters. The average Bonchev–Trinajstić information content (AvgIpc) is 2.86. The fourth-order valence-corrected chi connectivity index (χ4v) is 3.93. The number of hydrogen-bond acceptors (Lipinski definition) is 5. The van der Waals surface area contributed by atoms with Gasteiger partial charge < -0.3 is 19.6 Å². The molecule has 4 amide bonds. The van der Waals surface area contributed by atoms with Gasteiger partial charge >= 0.3 is 6.03 Å². The summed E-state index contributed by atoms with van der Waals surface area (Å²) in [5, 5.41) is 0. The summed E-state index contributed by atoms with van der Waals surface area (Å²) in [6.07, 6.45) is 4.79. The topological polar surface area (TPSA) is 90.0 Å². The zero-order chi connectivity index (χ0) is 19.6. The molecule has 0 unspecified atom stereocenters.